The number of aromatic nitrogens is 3. The first kappa shape index (κ1) is 33.3. The molecule has 4 rings (SSSR count). The fraction of sp³-hybridized carbons (Fsp3) is 0.517. The molecule has 0 spiro atoms. The minimum atomic E-state index is -4.38. The van der Waals surface area contributed by atoms with E-state index in [2.05, 4.69) is 15.2 Å². The van der Waals surface area contributed by atoms with E-state index < -0.39 is 49.3 Å². The van der Waals surface area contributed by atoms with E-state index >= 15 is 0 Å². The number of anilines is 1. The molecule has 1 aliphatic rings. The molecule has 0 amide bonds. The molecule has 1 saturated heterocycles. The second-order valence-corrected chi connectivity index (χ2v) is 13.0. The number of hydrogen-bond donors (Lipinski definition) is 4. The van der Waals surface area contributed by atoms with Crippen LogP contribution in [-0.4, -0.2) is 67.3 Å². The molecule has 3 aromatic rings. The molecule has 1 aliphatic heterocycles. The second-order valence-electron chi connectivity index (χ2n) is 11.3. The maximum atomic E-state index is 14.1. The summed E-state index contributed by atoms with van der Waals surface area (Å²) in [6.45, 7) is 7.66. The first-order chi connectivity index (χ1) is 20.8. The molecule has 15 heteroatoms. The molecule has 238 valence electrons. The number of rotatable bonds is 13. The summed E-state index contributed by atoms with van der Waals surface area (Å²) in [4.78, 5) is 16.7. The molecule has 6 atom stereocenters. The van der Waals surface area contributed by atoms with Crippen molar-refractivity contribution in [3.63, 3.8) is 0 Å². The molecular weight excluding hydrogens is 591 g/mol. The minimum Gasteiger partial charge on any atom is -0.464 e. The highest BCUT2D eigenvalue weighted by Gasteiger charge is 2.70. The van der Waals surface area contributed by atoms with Crippen molar-refractivity contribution in [2.45, 2.75) is 76.4 Å². The molecule has 0 radical (unpaired) electrons. The van der Waals surface area contributed by atoms with Crippen LogP contribution in [0.1, 0.15) is 53.2 Å². The standard InChI is InChI=1S/C29H39N6O8P/c1-6-20(7-2)15-40-25(36)19(3)34-44(39,42-21-11-9-8-10-12-21)41-17-27(4)26(37)28(5,38)29(16-30,43-27)23-14-13-22-24(31)32-18-33-35(22)23/h8-14,18-20,26,37-38H,6-7,15,17H2,1-5H3,(H,34,39)(H2,31,32,33)/t19-,26+,27?,28+,29-,44-/m0/s1. The molecular formula is C29H39N6O8P. The molecule has 0 bridgehead atoms. The first-order valence-electron chi connectivity index (χ1n) is 14.3. The summed E-state index contributed by atoms with van der Waals surface area (Å²) in [6.07, 6.45) is 1.10. The van der Waals surface area contributed by atoms with E-state index in [9.17, 15) is 24.8 Å². The quantitative estimate of drug-likeness (QED) is 0.159. The molecule has 44 heavy (non-hydrogen) atoms. The van der Waals surface area contributed by atoms with Crippen LogP contribution in [0.3, 0.4) is 0 Å². The Morgan fingerprint density at radius 1 is 1.25 bits per heavy atom. The third-order valence-corrected chi connectivity index (χ3v) is 9.64. The van der Waals surface area contributed by atoms with Gasteiger partial charge in [-0.25, -0.2) is 14.1 Å². The van der Waals surface area contributed by atoms with Gasteiger partial charge in [0, 0.05) is 0 Å². The molecule has 1 unspecified atom stereocenters. The summed E-state index contributed by atoms with van der Waals surface area (Å²) in [7, 11) is -4.38. The van der Waals surface area contributed by atoms with Gasteiger partial charge in [-0.1, -0.05) is 44.9 Å². The number of ether oxygens (including phenoxy) is 2. The van der Waals surface area contributed by atoms with Crippen molar-refractivity contribution in [3.8, 4) is 11.8 Å². The lowest BCUT2D eigenvalue weighted by atomic mass is 9.78. The number of fused-ring (bicyclic) bond motifs is 1. The molecule has 1 aromatic carbocycles. The van der Waals surface area contributed by atoms with E-state index in [-0.39, 0.29) is 29.8 Å². The minimum absolute atomic E-state index is 0.0764. The Hall–Kier alpha value is -3.57. The smallest absolute Gasteiger partial charge is 0.459 e. The van der Waals surface area contributed by atoms with Crippen LogP contribution in [0.2, 0.25) is 0 Å². The number of esters is 1. The summed E-state index contributed by atoms with van der Waals surface area (Å²) in [5.74, 6) is -0.173. The lowest BCUT2D eigenvalue weighted by Gasteiger charge is -2.33. The summed E-state index contributed by atoms with van der Waals surface area (Å²) < 4.78 is 38.5. The molecule has 5 N–H and O–H groups in total. The summed E-state index contributed by atoms with van der Waals surface area (Å²) >= 11 is 0. The zero-order valence-corrected chi connectivity index (χ0v) is 26.2. The number of nitrogens with zero attached hydrogens (tertiary/aromatic N) is 4. The number of hydrogen-bond acceptors (Lipinski definition) is 12. The van der Waals surface area contributed by atoms with Crippen molar-refractivity contribution in [2.75, 3.05) is 18.9 Å². The highest BCUT2D eigenvalue weighted by molar-refractivity contribution is 7.52. The van der Waals surface area contributed by atoms with Gasteiger partial charge in [-0.05, 0) is 51.0 Å². The molecule has 0 aliphatic carbocycles. The second kappa shape index (κ2) is 12.8. The Morgan fingerprint density at radius 3 is 2.57 bits per heavy atom. The van der Waals surface area contributed by atoms with Crippen molar-refractivity contribution < 1.29 is 38.1 Å². The van der Waals surface area contributed by atoms with Gasteiger partial charge in [0.2, 0.25) is 5.60 Å². The number of aliphatic hydroxyl groups is 2. The van der Waals surface area contributed by atoms with Gasteiger partial charge in [0.1, 0.15) is 47.0 Å². The third-order valence-electron chi connectivity index (χ3n) is 8.02. The van der Waals surface area contributed by atoms with Crippen molar-refractivity contribution in [1.82, 2.24) is 19.7 Å². The zero-order valence-electron chi connectivity index (χ0n) is 25.3. The van der Waals surface area contributed by atoms with E-state index in [1.807, 2.05) is 19.9 Å². The fourth-order valence-electron chi connectivity index (χ4n) is 5.19. The number of nitrogen functional groups attached to an aromatic ring is 1. The van der Waals surface area contributed by atoms with Crippen LogP contribution in [-0.2, 0) is 29.0 Å². The van der Waals surface area contributed by atoms with Crippen molar-refractivity contribution in [2.24, 2.45) is 5.92 Å². The predicted octanol–water partition coefficient (Wildman–Crippen LogP) is 3.09. The van der Waals surface area contributed by atoms with Crippen molar-refractivity contribution in [3.05, 3.63) is 54.5 Å². The monoisotopic (exact) mass is 630 g/mol. The van der Waals surface area contributed by atoms with Crippen molar-refractivity contribution in [1.29, 1.82) is 5.26 Å². The number of nitrogens with two attached hydrogens (primary N) is 1. The Kier molecular flexibility index (Phi) is 9.70. The van der Waals surface area contributed by atoms with E-state index in [0.717, 1.165) is 12.8 Å². The van der Waals surface area contributed by atoms with Crippen LogP contribution in [0.5, 0.6) is 5.75 Å². The largest absolute Gasteiger partial charge is 0.464 e. The maximum absolute atomic E-state index is 14.1. The van der Waals surface area contributed by atoms with Crippen LogP contribution < -0.4 is 15.3 Å². The first-order valence-corrected chi connectivity index (χ1v) is 15.8. The highest BCUT2D eigenvalue weighted by atomic mass is 31.2. The molecule has 2 aromatic heterocycles. The van der Waals surface area contributed by atoms with Crippen LogP contribution in [0, 0.1) is 17.2 Å². The highest BCUT2D eigenvalue weighted by Crippen LogP contribution is 2.54. The SMILES string of the molecule is CCC(CC)COC(=O)[C@H](C)N[P@](=O)(OCC1(C)O[C@@](C#N)(c2ccc3c(N)ncnn23)[C@](C)(O)[C@@H]1O)Oc1ccccc1. The number of carbonyl (C=O) groups is 1. The van der Waals surface area contributed by atoms with Gasteiger partial charge in [0.15, 0.2) is 5.82 Å². The molecule has 3 heterocycles. The molecule has 14 nitrogen and oxygen atoms in total. The third kappa shape index (κ3) is 6.17. The molecule has 0 saturated carbocycles. The van der Waals surface area contributed by atoms with Gasteiger partial charge in [-0.2, -0.15) is 15.4 Å². The van der Waals surface area contributed by atoms with Crippen LogP contribution in [0.4, 0.5) is 5.82 Å². The van der Waals surface area contributed by atoms with Gasteiger partial charge in [0.05, 0.1) is 18.9 Å². The van der Waals surface area contributed by atoms with Gasteiger partial charge in [0.25, 0.3) is 0 Å². The summed E-state index contributed by atoms with van der Waals surface area (Å²) in [5, 5.41) is 40.2. The number of carbonyl (C=O) groups excluding carboxylic acids is 1. The van der Waals surface area contributed by atoms with Gasteiger partial charge in [-0.3, -0.25) is 9.32 Å². The maximum Gasteiger partial charge on any atom is 0.459 e. The average molecular weight is 631 g/mol. The Morgan fingerprint density at radius 2 is 1.93 bits per heavy atom. The van der Waals surface area contributed by atoms with Crippen LogP contribution in [0.15, 0.2) is 48.8 Å². The van der Waals surface area contributed by atoms with Crippen LogP contribution in [0.25, 0.3) is 5.52 Å². The zero-order chi connectivity index (χ0) is 32.3. The van der Waals surface area contributed by atoms with E-state index in [4.69, 9.17) is 24.3 Å². The van der Waals surface area contributed by atoms with Crippen molar-refractivity contribution >= 4 is 25.1 Å². The number of benzene rings is 1. The fourth-order valence-corrected chi connectivity index (χ4v) is 6.78. The lowest BCUT2D eigenvalue weighted by molar-refractivity contribution is -0.146. The summed E-state index contributed by atoms with van der Waals surface area (Å²) in [6, 6.07) is 12.1. The van der Waals surface area contributed by atoms with E-state index in [0.29, 0.717) is 5.52 Å². The van der Waals surface area contributed by atoms with Gasteiger partial charge in [-0.15, -0.1) is 0 Å². The molecule has 1 fully saturated rings. The summed E-state index contributed by atoms with van der Waals surface area (Å²) in [5.41, 5.74) is 0.161. The van der Waals surface area contributed by atoms with Crippen LogP contribution >= 0.6 is 7.75 Å². The topological polar surface area (TPSA) is 204 Å². The average Bonchev–Trinajstić information content (AvgIpc) is 3.50. The van der Waals surface area contributed by atoms with Gasteiger partial charge >= 0.3 is 13.7 Å². The van der Waals surface area contributed by atoms with E-state index in [1.54, 1.807) is 36.4 Å². The van der Waals surface area contributed by atoms with Gasteiger partial charge < -0.3 is 29.9 Å². The lowest BCUT2D eigenvalue weighted by Crippen LogP contribution is -2.53. The predicted molar refractivity (Wildman–Crippen MR) is 159 cm³/mol. The normalized spacial score (nSPS) is 27.1. The number of nitrogens with one attached hydrogen (secondary N) is 1. The Bertz CT molecular complexity index is 1560. The Labute approximate surface area is 255 Å². The Balaban J connectivity index is 1.62. The number of aliphatic hydroxyl groups excluding tert-OH is 1. The number of nitriles is 1. The number of para-hydroxylation sites is 1. The van der Waals surface area contributed by atoms with E-state index in [1.165, 1.54) is 37.7 Å².